The molecule has 1 N–H and O–H groups in total. The summed E-state index contributed by atoms with van der Waals surface area (Å²) in [4.78, 5) is 14.9. The van der Waals surface area contributed by atoms with Crippen molar-refractivity contribution in [2.75, 3.05) is 25.0 Å². The van der Waals surface area contributed by atoms with Gasteiger partial charge in [0.1, 0.15) is 5.82 Å². The Kier molecular flexibility index (Phi) is 5.20. The summed E-state index contributed by atoms with van der Waals surface area (Å²) < 4.78 is 3.42. The summed E-state index contributed by atoms with van der Waals surface area (Å²) in [6, 6.07) is 6.09. The Hall–Kier alpha value is -2.81. The van der Waals surface area contributed by atoms with E-state index in [0.29, 0.717) is 12.6 Å². The Morgan fingerprint density at radius 3 is 2.97 bits per heavy atom. The van der Waals surface area contributed by atoms with Crippen molar-refractivity contribution >= 4 is 11.5 Å². The molecule has 1 aliphatic carbocycles. The van der Waals surface area contributed by atoms with E-state index in [4.69, 9.17) is 0 Å². The lowest BCUT2D eigenvalue weighted by atomic mass is 10.0. The highest BCUT2D eigenvalue weighted by Gasteiger charge is 2.23. The second kappa shape index (κ2) is 8.14. The van der Waals surface area contributed by atoms with Crippen molar-refractivity contribution in [3.8, 4) is 0 Å². The van der Waals surface area contributed by atoms with Crippen LogP contribution in [-0.4, -0.2) is 60.2 Å². The van der Waals surface area contributed by atoms with E-state index in [9.17, 15) is 4.79 Å². The van der Waals surface area contributed by atoms with Gasteiger partial charge in [0.2, 0.25) is 0 Å². The monoisotopic (exact) mass is 408 g/mol. The van der Waals surface area contributed by atoms with Crippen molar-refractivity contribution in [2.45, 2.75) is 58.0 Å². The number of nitrogens with zero attached hydrogens (tertiary/aromatic N) is 7. The molecule has 1 saturated heterocycles. The number of rotatable bonds is 6. The molecule has 3 aromatic heterocycles. The predicted molar refractivity (Wildman–Crippen MR) is 114 cm³/mol. The van der Waals surface area contributed by atoms with Crippen LogP contribution in [0.15, 0.2) is 23.0 Å². The molecule has 5 rings (SSSR count). The lowest BCUT2D eigenvalue weighted by Crippen LogP contribution is -2.45. The number of aromatic nitrogens is 6. The molecule has 1 fully saturated rings. The highest BCUT2D eigenvalue weighted by Crippen LogP contribution is 2.19. The van der Waals surface area contributed by atoms with E-state index in [1.54, 1.807) is 15.3 Å². The van der Waals surface area contributed by atoms with E-state index >= 15 is 0 Å². The predicted octanol–water partition coefficient (Wildman–Crippen LogP) is 1.44. The van der Waals surface area contributed by atoms with Crippen molar-refractivity contribution in [2.24, 2.45) is 0 Å². The fourth-order valence-electron chi connectivity index (χ4n) is 4.62. The van der Waals surface area contributed by atoms with Crippen LogP contribution in [0.3, 0.4) is 0 Å². The Labute approximate surface area is 175 Å². The highest BCUT2D eigenvalue weighted by atomic mass is 16.1. The van der Waals surface area contributed by atoms with E-state index in [0.717, 1.165) is 73.9 Å². The van der Waals surface area contributed by atoms with E-state index < -0.39 is 0 Å². The molecule has 1 unspecified atom stereocenters. The second-order valence-electron chi connectivity index (χ2n) is 8.33. The van der Waals surface area contributed by atoms with Crippen LogP contribution in [0, 0.1) is 6.92 Å². The molecule has 0 aromatic carbocycles. The Bertz CT molecular complexity index is 1100. The van der Waals surface area contributed by atoms with E-state index in [2.05, 4.69) is 30.6 Å². The number of nitrogens with one attached hydrogen (secondary N) is 1. The van der Waals surface area contributed by atoms with Crippen molar-refractivity contribution in [3.63, 3.8) is 0 Å². The molecule has 1 atom stereocenters. The third kappa shape index (κ3) is 3.81. The largest absolute Gasteiger partial charge is 0.367 e. The molecule has 0 amide bonds. The molecule has 0 bridgehead atoms. The summed E-state index contributed by atoms with van der Waals surface area (Å²) in [5, 5.41) is 20.8. The number of anilines is 1. The summed E-state index contributed by atoms with van der Waals surface area (Å²) in [6.07, 6.45) is 6.68. The number of aryl methyl sites for hydroxylation is 3. The summed E-state index contributed by atoms with van der Waals surface area (Å²) in [7, 11) is 0. The average Bonchev–Trinajstić information content (AvgIpc) is 3.37. The zero-order valence-electron chi connectivity index (χ0n) is 17.4. The van der Waals surface area contributed by atoms with Gasteiger partial charge in [-0.2, -0.15) is 9.61 Å². The molecule has 2 aliphatic rings. The summed E-state index contributed by atoms with van der Waals surface area (Å²) in [5.74, 6) is 1.60. The van der Waals surface area contributed by atoms with Crippen molar-refractivity contribution in [3.05, 3.63) is 45.6 Å². The topological polar surface area (TPSA) is 93.2 Å². The molecule has 30 heavy (non-hydrogen) atoms. The third-order valence-corrected chi connectivity index (χ3v) is 6.31. The Morgan fingerprint density at radius 1 is 1.10 bits per heavy atom. The molecule has 158 valence electrons. The molecule has 9 nitrogen and oxygen atoms in total. The summed E-state index contributed by atoms with van der Waals surface area (Å²) >= 11 is 0. The smallest absolute Gasteiger partial charge is 0.267 e. The molecular weight excluding hydrogens is 380 g/mol. The van der Waals surface area contributed by atoms with E-state index in [1.807, 2.05) is 19.1 Å². The van der Waals surface area contributed by atoms with Crippen molar-refractivity contribution in [1.82, 2.24) is 34.5 Å². The molecule has 9 heteroatoms. The van der Waals surface area contributed by atoms with Crippen LogP contribution in [-0.2, 0) is 19.4 Å². The first-order valence-corrected chi connectivity index (χ1v) is 10.9. The van der Waals surface area contributed by atoms with Crippen molar-refractivity contribution < 1.29 is 0 Å². The number of hydrogen-bond acceptors (Lipinski definition) is 7. The molecule has 4 heterocycles. The van der Waals surface area contributed by atoms with Crippen LogP contribution in [0.5, 0.6) is 0 Å². The summed E-state index contributed by atoms with van der Waals surface area (Å²) in [5.41, 5.74) is 3.04. The first-order valence-electron chi connectivity index (χ1n) is 10.9. The van der Waals surface area contributed by atoms with Gasteiger partial charge in [0.25, 0.3) is 5.56 Å². The molecule has 3 aromatic rings. The zero-order chi connectivity index (χ0) is 20.5. The van der Waals surface area contributed by atoms with E-state index in [1.165, 1.54) is 12.8 Å². The first-order chi connectivity index (χ1) is 14.7. The molecule has 0 spiro atoms. The Morgan fingerprint density at radius 2 is 2.03 bits per heavy atom. The lowest BCUT2D eigenvalue weighted by molar-refractivity contribution is 0.148. The van der Waals surface area contributed by atoms with Gasteiger partial charge in [-0.25, -0.2) is 4.68 Å². The van der Waals surface area contributed by atoms with E-state index in [-0.39, 0.29) is 5.56 Å². The molecule has 1 aliphatic heterocycles. The lowest BCUT2D eigenvalue weighted by Gasteiger charge is -2.35. The number of hydrogen-bond donors (Lipinski definition) is 1. The van der Waals surface area contributed by atoms with Gasteiger partial charge in [0.05, 0.1) is 12.2 Å². The van der Waals surface area contributed by atoms with Gasteiger partial charge in [-0.1, -0.05) is 6.42 Å². The minimum Gasteiger partial charge on any atom is -0.367 e. The fraction of sp³-hybridized carbons (Fsp3) is 0.571. The quantitative estimate of drug-likeness (QED) is 0.660. The SMILES string of the molecule is Cc1nnc2ccc(NCC3CCCCN3CCn3nc4c(cc3=O)CCC4)nn12. The fourth-order valence-corrected chi connectivity index (χ4v) is 4.62. The van der Waals surface area contributed by atoms with Crippen LogP contribution in [0.4, 0.5) is 5.82 Å². The van der Waals surface area contributed by atoms with Crippen LogP contribution < -0.4 is 10.9 Å². The third-order valence-electron chi connectivity index (χ3n) is 6.31. The average molecular weight is 409 g/mol. The normalized spacial score (nSPS) is 19.3. The molecule has 0 saturated carbocycles. The van der Waals surface area contributed by atoms with Crippen LogP contribution in [0.25, 0.3) is 5.65 Å². The van der Waals surface area contributed by atoms with Gasteiger partial charge in [-0.05, 0) is 63.3 Å². The van der Waals surface area contributed by atoms with Gasteiger partial charge in [-0.15, -0.1) is 15.3 Å². The second-order valence-corrected chi connectivity index (χ2v) is 8.33. The van der Waals surface area contributed by atoms with Crippen LogP contribution in [0.1, 0.15) is 42.8 Å². The maximum absolute atomic E-state index is 12.4. The van der Waals surface area contributed by atoms with Crippen LogP contribution in [0.2, 0.25) is 0 Å². The van der Waals surface area contributed by atoms with Gasteiger partial charge in [0.15, 0.2) is 11.5 Å². The number of likely N-dealkylation sites (tertiary alicyclic amines) is 1. The van der Waals surface area contributed by atoms with Crippen LogP contribution >= 0.6 is 0 Å². The van der Waals surface area contributed by atoms with Gasteiger partial charge >= 0.3 is 0 Å². The van der Waals surface area contributed by atoms with Gasteiger partial charge in [-0.3, -0.25) is 9.69 Å². The highest BCUT2D eigenvalue weighted by molar-refractivity contribution is 5.43. The minimum absolute atomic E-state index is 0.0316. The molecule has 0 radical (unpaired) electrons. The number of piperidine rings is 1. The Balaban J connectivity index is 1.23. The standard InChI is InChI=1S/C21H28N8O/c1-15-23-24-20-9-8-19(26-29(15)20)22-14-17-6-2-3-10-27(17)11-12-28-21(30)13-16-5-4-7-18(16)25-28/h8-9,13,17H,2-7,10-12,14H2,1H3,(H,22,26). The van der Waals surface area contributed by atoms with Gasteiger partial charge < -0.3 is 5.32 Å². The zero-order valence-corrected chi connectivity index (χ0v) is 17.4. The maximum atomic E-state index is 12.4. The molecular formula is C21H28N8O. The minimum atomic E-state index is 0.0316. The van der Waals surface area contributed by atoms with Crippen molar-refractivity contribution in [1.29, 1.82) is 0 Å². The summed E-state index contributed by atoms with van der Waals surface area (Å²) in [6.45, 7) is 5.27. The first kappa shape index (κ1) is 19.2. The maximum Gasteiger partial charge on any atom is 0.267 e. The van der Waals surface area contributed by atoms with Gasteiger partial charge in [0, 0.05) is 25.2 Å². The number of fused-ring (bicyclic) bond motifs is 2.